The summed E-state index contributed by atoms with van der Waals surface area (Å²) in [5, 5.41) is 11.2. The van der Waals surface area contributed by atoms with Crippen molar-refractivity contribution in [2.75, 3.05) is 12.4 Å². The van der Waals surface area contributed by atoms with Gasteiger partial charge >= 0.3 is 6.18 Å². The third-order valence-electron chi connectivity index (χ3n) is 4.12. The van der Waals surface area contributed by atoms with Crippen LogP contribution < -0.4 is 10.1 Å². The Morgan fingerprint density at radius 3 is 2.67 bits per heavy atom. The third-order valence-corrected chi connectivity index (χ3v) is 5.33. The maximum Gasteiger partial charge on any atom is 0.433 e. The maximum absolute atomic E-state index is 13.0. The number of methoxy groups -OCH3 is 1. The van der Waals surface area contributed by atoms with E-state index in [0.717, 1.165) is 22.9 Å². The van der Waals surface area contributed by atoms with Gasteiger partial charge in [0.15, 0.2) is 5.16 Å². The minimum atomic E-state index is -4.70. The highest BCUT2D eigenvalue weighted by Crippen LogP contribution is 2.34. The van der Waals surface area contributed by atoms with Gasteiger partial charge in [0.1, 0.15) is 23.5 Å². The van der Waals surface area contributed by atoms with Crippen molar-refractivity contribution < 1.29 is 22.7 Å². The van der Waals surface area contributed by atoms with Crippen molar-refractivity contribution in [1.82, 2.24) is 19.7 Å². The molecule has 30 heavy (non-hydrogen) atoms. The van der Waals surface area contributed by atoms with Crippen LogP contribution in [0.3, 0.4) is 0 Å². The Balaban J connectivity index is 1.79. The van der Waals surface area contributed by atoms with Crippen molar-refractivity contribution in [3.8, 4) is 5.75 Å². The van der Waals surface area contributed by atoms with E-state index in [1.165, 1.54) is 18.9 Å². The summed E-state index contributed by atoms with van der Waals surface area (Å²) in [5.41, 5.74) is -0.264. The highest BCUT2D eigenvalue weighted by Gasteiger charge is 2.34. The number of anilines is 1. The average molecular weight is 437 g/mol. The molecular weight excluding hydrogens is 419 g/mol. The molecule has 0 aliphatic rings. The average Bonchev–Trinajstić information content (AvgIpc) is 3.11. The van der Waals surface area contributed by atoms with E-state index in [1.807, 2.05) is 20.0 Å². The van der Waals surface area contributed by atoms with E-state index >= 15 is 0 Å². The number of pyridine rings is 1. The summed E-state index contributed by atoms with van der Waals surface area (Å²) < 4.78 is 45.8. The number of rotatable bonds is 6. The van der Waals surface area contributed by atoms with Crippen molar-refractivity contribution in [2.24, 2.45) is 7.05 Å². The second-order valence-corrected chi connectivity index (χ2v) is 7.65. The molecule has 0 aliphatic carbocycles. The largest absolute Gasteiger partial charge is 0.497 e. The van der Waals surface area contributed by atoms with Gasteiger partial charge in [0.2, 0.25) is 0 Å². The van der Waals surface area contributed by atoms with Crippen LogP contribution in [-0.4, -0.2) is 32.8 Å². The maximum atomic E-state index is 13.0. The number of nitrogens with one attached hydrogen (secondary N) is 1. The molecule has 1 amide bonds. The zero-order valence-electron chi connectivity index (χ0n) is 16.3. The number of hydrogen-bond donors (Lipinski definition) is 1. The number of carbonyl (C=O) groups excluding carboxylic acids is 1. The van der Waals surface area contributed by atoms with Crippen LogP contribution >= 0.6 is 11.8 Å². The first-order chi connectivity index (χ1) is 14.2. The van der Waals surface area contributed by atoms with Gasteiger partial charge in [-0.05, 0) is 24.6 Å². The quantitative estimate of drug-likeness (QED) is 0.578. The van der Waals surface area contributed by atoms with Crippen LogP contribution in [0, 0.1) is 0 Å². The van der Waals surface area contributed by atoms with Crippen molar-refractivity contribution in [2.45, 2.75) is 23.5 Å². The van der Waals surface area contributed by atoms with Crippen LogP contribution in [0.25, 0.3) is 0 Å². The number of aryl methyl sites for hydroxylation is 1. The number of alkyl halides is 3. The molecule has 3 rings (SSSR count). The normalized spacial score (nSPS) is 12.5. The fraction of sp³-hybridized carbons (Fsp3) is 0.263. The molecule has 1 N–H and O–H groups in total. The van der Waals surface area contributed by atoms with E-state index in [4.69, 9.17) is 4.74 Å². The predicted molar refractivity (Wildman–Crippen MR) is 105 cm³/mol. The second-order valence-electron chi connectivity index (χ2n) is 6.34. The molecule has 2 heterocycles. The van der Waals surface area contributed by atoms with Gasteiger partial charge in [0, 0.05) is 30.1 Å². The first kappa shape index (κ1) is 21.6. The summed E-state index contributed by atoms with van der Waals surface area (Å²) in [6.45, 7) is 1.97. The van der Waals surface area contributed by atoms with Gasteiger partial charge < -0.3 is 14.6 Å². The van der Waals surface area contributed by atoms with Gasteiger partial charge in [0.05, 0.1) is 7.11 Å². The van der Waals surface area contributed by atoms with Gasteiger partial charge in [-0.25, -0.2) is 4.98 Å². The molecule has 2 aromatic heterocycles. The van der Waals surface area contributed by atoms with Crippen LogP contribution in [0.5, 0.6) is 5.75 Å². The lowest BCUT2D eigenvalue weighted by atomic mass is 10.1. The lowest BCUT2D eigenvalue weighted by molar-refractivity contribution is -0.141. The third kappa shape index (κ3) is 5.09. The van der Waals surface area contributed by atoms with E-state index in [0.29, 0.717) is 5.69 Å². The number of aromatic nitrogens is 4. The Morgan fingerprint density at radius 1 is 1.27 bits per heavy atom. The highest BCUT2D eigenvalue weighted by atomic mass is 32.2. The van der Waals surface area contributed by atoms with Gasteiger partial charge in [-0.3, -0.25) is 4.79 Å². The topological polar surface area (TPSA) is 81.9 Å². The van der Waals surface area contributed by atoms with E-state index in [2.05, 4.69) is 20.5 Å². The zero-order valence-corrected chi connectivity index (χ0v) is 17.1. The smallest absolute Gasteiger partial charge is 0.433 e. The van der Waals surface area contributed by atoms with Gasteiger partial charge in [0.25, 0.3) is 5.91 Å². The van der Waals surface area contributed by atoms with Crippen LogP contribution in [-0.2, 0) is 13.2 Å². The minimum absolute atomic E-state index is 0.00321. The standard InChI is InChI=1S/C19H18F3N5O2S/c1-11(30-18-26-23-10-27(18)2)12-5-4-6-13(7-12)24-17(28)15-8-14(29-3)9-16(25-15)19(20,21)22/h4-11H,1-3H3,(H,24,28)/t11-/m0/s1. The first-order valence-electron chi connectivity index (χ1n) is 8.72. The summed E-state index contributed by atoms with van der Waals surface area (Å²) in [4.78, 5) is 15.9. The van der Waals surface area contributed by atoms with Gasteiger partial charge in [-0.2, -0.15) is 13.2 Å². The van der Waals surface area contributed by atoms with Gasteiger partial charge in [-0.15, -0.1) is 10.2 Å². The number of amides is 1. The van der Waals surface area contributed by atoms with Crippen molar-refractivity contribution in [3.63, 3.8) is 0 Å². The van der Waals surface area contributed by atoms with Crippen molar-refractivity contribution in [1.29, 1.82) is 0 Å². The van der Waals surface area contributed by atoms with Crippen LogP contribution in [0.4, 0.5) is 18.9 Å². The zero-order chi connectivity index (χ0) is 21.9. The van der Waals surface area contributed by atoms with Crippen molar-refractivity contribution >= 4 is 23.4 Å². The Kier molecular flexibility index (Phi) is 6.30. The Hall–Kier alpha value is -3.08. The minimum Gasteiger partial charge on any atom is -0.497 e. The van der Waals surface area contributed by atoms with Crippen LogP contribution in [0.1, 0.15) is 33.9 Å². The number of ether oxygens (including phenoxy) is 1. The molecule has 3 aromatic rings. The van der Waals surface area contributed by atoms with Crippen LogP contribution in [0.15, 0.2) is 47.9 Å². The fourth-order valence-corrected chi connectivity index (χ4v) is 3.46. The molecule has 158 valence electrons. The number of benzene rings is 1. The summed E-state index contributed by atoms with van der Waals surface area (Å²) in [5.74, 6) is -0.880. The molecule has 0 fully saturated rings. The number of nitrogens with zero attached hydrogens (tertiary/aromatic N) is 4. The summed E-state index contributed by atoms with van der Waals surface area (Å²) >= 11 is 1.49. The van der Waals surface area contributed by atoms with E-state index in [1.54, 1.807) is 29.1 Å². The van der Waals surface area contributed by atoms with Crippen molar-refractivity contribution in [3.05, 3.63) is 59.7 Å². The SMILES string of the molecule is COc1cc(C(=O)Nc2cccc([C@H](C)Sc3nncn3C)c2)nc(C(F)(F)F)c1. The Bertz CT molecular complexity index is 1050. The Morgan fingerprint density at radius 2 is 2.03 bits per heavy atom. The Labute approximate surface area is 174 Å². The summed E-state index contributed by atoms with van der Waals surface area (Å²) in [6.07, 6.45) is -3.10. The molecule has 0 unspecified atom stereocenters. The molecule has 0 aliphatic heterocycles. The first-order valence-corrected chi connectivity index (χ1v) is 9.60. The summed E-state index contributed by atoms with van der Waals surface area (Å²) in [6, 6.07) is 8.92. The number of halogens is 3. The lowest BCUT2D eigenvalue weighted by Crippen LogP contribution is -2.17. The fourth-order valence-electron chi connectivity index (χ4n) is 2.55. The van der Waals surface area contributed by atoms with Crippen LogP contribution in [0.2, 0.25) is 0 Å². The number of carbonyl (C=O) groups is 1. The van der Waals surface area contributed by atoms with E-state index in [-0.39, 0.29) is 11.0 Å². The van der Waals surface area contributed by atoms with Gasteiger partial charge in [-0.1, -0.05) is 23.9 Å². The predicted octanol–water partition coefficient (Wildman–Crippen LogP) is 4.34. The molecule has 0 saturated heterocycles. The van der Waals surface area contributed by atoms with E-state index < -0.39 is 23.5 Å². The molecule has 11 heteroatoms. The molecule has 0 spiro atoms. The summed E-state index contributed by atoms with van der Waals surface area (Å²) in [7, 11) is 3.05. The molecule has 0 bridgehead atoms. The molecule has 0 saturated carbocycles. The number of hydrogen-bond acceptors (Lipinski definition) is 6. The number of thioether (sulfide) groups is 1. The van der Waals surface area contributed by atoms with E-state index in [9.17, 15) is 18.0 Å². The molecule has 7 nitrogen and oxygen atoms in total. The second kappa shape index (κ2) is 8.74. The molecule has 1 aromatic carbocycles. The molecule has 0 radical (unpaired) electrons. The molecule has 1 atom stereocenters. The molecular formula is C19H18F3N5O2S. The lowest BCUT2D eigenvalue weighted by Gasteiger charge is -2.13. The highest BCUT2D eigenvalue weighted by molar-refractivity contribution is 7.99. The monoisotopic (exact) mass is 437 g/mol.